The fraction of sp³-hybridized carbons (Fsp3) is 0.617. The number of allylic oxidation sites excluding steroid dienone is 2. The lowest BCUT2D eigenvalue weighted by Gasteiger charge is -2.49. The number of piperidine rings is 1. The quantitative estimate of drug-likeness (QED) is 0.267. The van der Waals surface area contributed by atoms with Crippen LogP contribution in [0.3, 0.4) is 0 Å². The molecule has 2 aromatic rings. The van der Waals surface area contributed by atoms with Crippen LogP contribution in [-0.2, 0) is 23.7 Å². The minimum Gasteiger partial charge on any atom is -0.507 e. The highest BCUT2D eigenvalue weighted by molar-refractivity contribution is 6.19. The maximum atomic E-state index is 14.7. The summed E-state index contributed by atoms with van der Waals surface area (Å²) < 4.78 is 31.3. The molecule has 6 aliphatic heterocycles. The summed E-state index contributed by atoms with van der Waals surface area (Å²) in [6.07, 6.45) is 7.44. The monoisotopic (exact) mass is 844 g/mol. The van der Waals surface area contributed by atoms with Gasteiger partial charge in [0.25, 0.3) is 11.7 Å². The fourth-order valence-electron chi connectivity index (χ4n) is 9.89. The molecule has 14 nitrogen and oxygen atoms in total. The number of phenols is 2. The Morgan fingerprint density at radius 2 is 1.57 bits per heavy atom. The number of aliphatic hydroxyl groups is 1. The summed E-state index contributed by atoms with van der Waals surface area (Å²) >= 11 is 0. The number of likely N-dealkylation sites (tertiary alicyclic amines) is 1. The van der Waals surface area contributed by atoms with E-state index in [-0.39, 0.29) is 79.8 Å². The molecular weight excluding hydrogens is 781 g/mol. The molecule has 1 spiro atoms. The van der Waals surface area contributed by atoms with Crippen LogP contribution in [-0.4, -0.2) is 100 Å². The number of aromatic hydroxyl groups is 2. The number of methoxy groups -OCH3 is 1. The number of amides is 1. The van der Waals surface area contributed by atoms with Gasteiger partial charge in [0, 0.05) is 86.7 Å². The summed E-state index contributed by atoms with van der Waals surface area (Å²) in [4.78, 5) is 41.5. The minimum absolute atomic E-state index is 0.00557. The van der Waals surface area contributed by atoms with Gasteiger partial charge in [0.1, 0.15) is 22.5 Å². The van der Waals surface area contributed by atoms with Crippen molar-refractivity contribution in [3.8, 4) is 17.2 Å². The number of nitrogens with zero attached hydrogens (tertiary/aromatic N) is 3. The standard InChI is InChI=1S/C47H64N4O10/c1-23(2)22-51-19-17-47(18-20-51)49-34-31-32-38(53)28(7)42-33(31)43(55)46(11,61-42)58-21-16-30(57-12)26(5)37(52)27(6)41-29(8)40(59-45(9,10)60-41)24(3)14-13-15-25(4)44(56)48-36(39(32)54)35(34)50-47/h13-16,21,23-24,26-27,29-30,37,40-41,52-54H,17-20,22H2,1-12H3,(H,48,56)/b14-13+,21-16+,25-15-/t24-,26+,27-,29+,30-,37+,40-,41-,46-/m0/s1. The van der Waals surface area contributed by atoms with Crippen LogP contribution in [0.5, 0.6) is 17.2 Å². The number of aliphatic hydroxyl groups excluding tert-OH is 1. The van der Waals surface area contributed by atoms with E-state index in [1.54, 1.807) is 33.1 Å². The molecule has 2 aromatic carbocycles. The van der Waals surface area contributed by atoms with E-state index in [9.17, 15) is 24.9 Å². The Balaban J connectivity index is 1.39. The van der Waals surface area contributed by atoms with Gasteiger partial charge in [-0.15, -0.1) is 0 Å². The van der Waals surface area contributed by atoms with Crippen LogP contribution >= 0.6 is 0 Å². The highest BCUT2D eigenvalue weighted by atomic mass is 16.7. The molecule has 1 amide bonds. The third-order valence-corrected chi connectivity index (χ3v) is 13.4. The smallest absolute Gasteiger partial charge is 0.312 e. The third kappa shape index (κ3) is 7.99. The van der Waals surface area contributed by atoms with Gasteiger partial charge in [-0.25, -0.2) is 0 Å². The summed E-state index contributed by atoms with van der Waals surface area (Å²) in [6.45, 7) is 23.2. The van der Waals surface area contributed by atoms with E-state index in [4.69, 9.17) is 33.7 Å². The van der Waals surface area contributed by atoms with Gasteiger partial charge in [0.2, 0.25) is 0 Å². The Morgan fingerprint density at radius 3 is 2.23 bits per heavy atom. The molecule has 0 aromatic heterocycles. The number of fused-ring (bicyclic) bond motifs is 9. The number of phenolic OH excluding ortho intramolecular Hbond substituents is 2. The van der Waals surface area contributed by atoms with Crippen LogP contribution in [0.25, 0.3) is 10.8 Å². The summed E-state index contributed by atoms with van der Waals surface area (Å²) in [6, 6.07) is 0. The minimum atomic E-state index is -1.89. The number of benzene rings is 2. The Labute approximate surface area is 358 Å². The molecule has 2 saturated heterocycles. The van der Waals surface area contributed by atoms with Crippen LogP contribution in [0.15, 0.2) is 46.1 Å². The molecule has 8 rings (SSSR count). The first-order valence-corrected chi connectivity index (χ1v) is 21.7. The molecule has 0 saturated carbocycles. The lowest BCUT2D eigenvalue weighted by atomic mass is 9.77. The van der Waals surface area contributed by atoms with E-state index >= 15 is 0 Å². The van der Waals surface area contributed by atoms with E-state index < -0.39 is 52.8 Å². The highest BCUT2D eigenvalue weighted by Gasteiger charge is 2.51. The third-order valence-electron chi connectivity index (χ3n) is 13.4. The molecule has 7 bridgehead atoms. The van der Waals surface area contributed by atoms with E-state index in [0.29, 0.717) is 24.3 Å². The van der Waals surface area contributed by atoms with Gasteiger partial charge in [-0.05, 0) is 39.7 Å². The Kier molecular flexibility index (Phi) is 12.0. The van der Waals surface area contributed by atoms with Crippen molar-refractivity contribution < 1.29 is 48.6 Å². The second kappa shape index (κ2) is 16.4. The predicted molar refractivity (Wildman–Crippen MR) is 230 cm³/mol. The zero-order valence-corrected chi connectivity index (χ0v) is 37.7. The van der Waals surface area contributed by atoms with E-state index in [0.717, 1.165) is 19.6 Å². The largest absolute Gasteiger partial charge is 0.507 e. The molecule has 6 aliphatic rings. The molecule has 0 radical (unpaired) electrons. The normalized spacial score (nSPS) is 34.6. The van der Waals surface area contributed by atoms with E-state index in [1.807, 2.05) is 46.8 Å². The van der Waals surface area contributed by atoms with Gasteiger partial charge in [-0.2, -0.15) is 0 Å². The molecule has 0 unspecified atom stereocenters. The molecule has 14 heteroatoms. The number of Topliss-reactive ketones (excluding diaryl/α,β-unsaturated/α-hetero) is 1. The van der Waals surface area contributed by atoms with Crippen LogP contribution in [0.2, 0.25) is 0 Å². The number of anilines is 1. The highest BCUT2D eigenvalue weighted by Crippen LogP contribution is 2.50. The van der Waals surface area contributed by atoms with Crippen molar-refractivity contribution in [2.24, 2.45) is 39.6 Å². The summed E-state index contributed by atoms with van der Waals surface area (Å²) in [7, 11) is 1.54. The number of hydrogen-bond donors (Lipinski definition) is 4. The maximum Gasteiger partial charge on any atom is 0.312 e. The van der Waals surface area contributed by atoms with E-state index in [2.05, 4.69) is 31.0 Å². The van der Waals surface area contributed by atoms with Crippen LogP contribution in [0.4, 0.5) is 5.69 Å². The Bertz CT molecular complexity index is 2310. The SMILES string of the molecule is CO[C@H]1/C=C/O[C@@]2(C)Oc3c(C)c(O)c4c(O)c(c5c(c4c3C2=O)=NC2(CCN(CC(C)C)CC2)N=5)NC(=O)/C(C)=C\C=C\[C@H](C)[C@@H]2OC(C)(C)O[C@@H]([C@@H](C)[C@H](O)[C@@H]1C)[C@@H]2C. The van der Waals surface area contributed by atoms with Gasteiger partial charge in [-0.1, -0.05) is 59.8 Å². The Morgan fingerprint density at radius 1 is 0.918 bits per heavy atom. The van der Waals surface area contributed by atoms with Gasteiger partial charge in [-0.3, -0.25) is 19.6 Å². The molecular formula is C47H64N4O10. The van der Waals surface area contributed by atoms with Crippen molar-refractivity contribution in [3.05, 3.63) is 58.0 Å². The van der Waals surface area contributed by atoms with Gasteiger partial charge < -0.3 is 49.2 Å². The summed E-state index contributed by atoms with van der Waals surface area (Å²) in [5.41, 5.74) is -0.312. The van der Waals surface area contributed by atoms with Crippen molar-refractivity contribution >= 4 is 28.2 Å². The lowest BCUT2D eigenvalue weighted by Crippen LogP contribution is -2.56. The Hall–Kier alpha value is -4.34. The number of nitrogens with one attached hydrogen (secondary N) is 1. The molecule has 9 atom stereocenters. The molecule has 6 heterocycles. The average Bonchev–Trinajstić information content (AvgIpc) is 3.70. The first-order valence-electron chi connectivity index (χ1n) is 21.7. The van der Waals surface area contributed by atoms with E-state index in [1.165, 1.54) is 13.2 Å². The zero-order chi connectivity index (χ0) is 44.5. The molecule has 0 aliphatic carbocycles. The molecule has 2 fully saturated rings. The maximum absolute atomic E-state index is 14.7. The summed E-state index contributed by atoms with van der Waals surface area (Å²) in [5, 5.41) is 39.4. The number of ketones is 1. The van der Waals surface area contributed by atoms with Crippen molar-refractivity contribution in [1.82, 2.24) is 4.90 Å². The van der Waals surface area contributed by atoms with Crippen LogP contribution in [0.1, 0.15) is 98.0 Å². The first-order chi connectivity index (χ1) is 28.6. The number of carbonyl (C=O) groups is 2. The second-order valence-corrected chi connectivity index (χ2v) is 19.0. The lowest BCUT2D eigenvalue weighted by molar-refractivity contribution is -0.336. The number of hydrogen-bond acceptors (Lipinski definition) is 13. The van der Waals surface area contributed by atoms with Crippen molar-refractivity contribution in [3.63, 3.8) is 0 Å². The predicted octanol–water partition coefficient (Wildman–Crippen LogP) is 5.98. The fourth-order valence-corrected chi connectivity index (χ4v) is 9.89. The topological polar surface area (TPSA) is 181 Å². The van der Waals surface area contributed by atoms with Gasteiger partial charge in [0.15, 0.2) is 17.2 Å². The number of rotatable bonds is 3. The number of ether oxygens (including phenoxy) is 5. The average molecular weight is 845 g/mol. The zero-order valence-electron chi connectivity index (χ0n) is 37.7. The molecule has 61 heavy (non-hydrogen) atoms. The van der Waals surface area contributed by atoms with Crippen LogP contribution in [0, 0.1) is 36.5 Å². The van der Waals surface area contributed by atoms with Crippen molar-refractivity contribution in [1.29, 1.82) is 0 Å². The number of carbonyl (C=O) groups excluding carboxylic acids is 2. The van der Waals surface area contributed by atoms with Crippen molar-refractivity contribution in [2.75, 3.05) is 32.1 Å². The second-order valence-electron chi connectivity index (χ2n) is 19.0. The molecule has 4 N–H and O–H groups in total. The first kappa shape index (κ1) is 44.7. The molecule has 332 valence electrons. The van der Waals surface area contributed by atoms with Gasteiger partial charge in [0.05, 0.1) is 47.0 Å². The van der Waals surface area contributed by atoms with Crippen molar-refractivity contribution in [2.45, 2.75) is 131 Å². The van der Waals surface area contributed by atoms with Crippen LogP contribution < -0.4 is 20.8 Å². The summed E-state index contributed by atoms with van der Waals surface area (Å²) in [5.74, 6) is -5.13. The van der Waals surface area contributed by atoms with Gasteiger partial charge >= 0.3 is 5.79 Å².